The maximum Gasteiger partial charge on any atom is -0.00714 e. The van der Waals surface area contributed by atoms with E-state index in [0.29, 0.717) is 5.92 Å². The Labute approximate surface area is 92.7 Å². The van der Waals surface area contributed by atoms with E-state index in [0.717, 1.165) is 18.9 Å². The summed E-state index contributed by atoms with van der Waals surface area (Å²) in [6, 6.07) is 6.72. The van der Waals surface area contributed by atoms with E-state index in [1.807, 2.05) is 0 Å². The summed E-state index contributed by atoms with van der Waals surface area (Å²) in [5, 5.41) is 0. The molecule has 0 radical (unpaired) electrons. The van der Waals surface area contributed by atoms with Crippen molar-refractivity contribution in [2.45, 2.75) is 39.0 Å². The van der Waals surface area contributed by atoms with Gasteiger partial charge in [0.05, 0.1) is 0 Å². The lowest BCUT2D eigenvalue weighted by Crippen LogP contribution is -2.19. The van der Waals surface area contributed by atoms with E-state index in [4.69, 9.17) is 5.73 Å². The van der Waals surface area contributed by atoms with E-state index in [9.17, 15) is 0 Å². The molecule has 1 aliphatic carbocycles. The van der Waals surface area contributed by atoms with Crippen LogP contribution in [0.15, 0.2) is 18.2 Å². The summed E-state index contributed by atoms with van der Waals surface area (Å²) < 4.78 is 0. The molecule has 1 aliphatic rings. The van der Waals surface area contributed by atoms with Crippen LogP contribution in [0.5, 0.6) is 0 Å². The molecule has 15 heavy (non-hydrogen) atoms. The first kappa shape index (κ1) is 10.7. The summed E-state index contributed by atoms with van der Waals surface area (Å²) in [6.07, 6.45) is 3.71. The van der Waals surface area contributed by atoms with Crippen LogP contribution < -0.4 is 5.73 Å². The Morgan fingerprint density at radius 3 is 2.93 bits per heavy atom. The first-order valence-corrected chi connectivity index (χ1v) is 6.00. The van der Waals surface area contributed by atoms with Crippen molar-refractivity contribution in [2.75, 3.05) is 6.54 Å². The van der Waals surface area contributed by atoms with Crippen LogP contribution in [-0.2, 0) is 6.42 Å². The molecule has 2 N–H and O–H groups in total. The van der Waals surface area contributed by atoms with Crippen molar-refractivity contribution in [3.8, 4) is 0 Å². The van der Waals surface area contributed by atoms with Gasteiger partial charge < -0.3 is 5.73 Å². The van der Waals surface area contributed by atoms with Crippen LogP contribution in [0.3, 0.4) is 0 Å². The molecule has 2 rings (SSSR count). The van der Waals surface area contributed by atoms with Crippen LogP contribution >= 0.6 is 0 Å². The minimum Gasteiger partial charge on any atom is -0.330 e. The topological polar surface area (TPSA) is 26.0 Å². The average molecular weight is 203 g/mol. The van der Waals surface area contributed by atoms with Crippen LogP contribution in [0.25, 0.3) is 0 Å². The molecule has 0 aliphatic heterocycles. The summed E-state index contributed by atoms with van der Waals surface area (Å²) in [6.45, 7) is 5.40. The van der Waals surface area contributed by atoms with Crippen molar-refractivity contribution in [1.82, 2.24) is 0 Å². The second-order valence-electron chi connectivity index (χ2n) is 4.96. The minimum atomic E-state index is 0.702. The van der Waals surface area contributed by atoms with Gasteiger partial charge in [0.2, 0.25) is 0 Å². The molecule has 0 amide bonds. The molecule has 0 bridgehead atoms. The fourth-order valence-electron chi connectivity index (χ4n) is 2.91. The van der Waals surface area contributed by atoms with Gasteiger partial charge in [-0.15, -0.1) is 0 Å². The number of rotatable bonds is 2. The van der Waals surface area contributed by atoms with Gasteiger partial charge in [-0.05, 0) is 61.3 Å². The Kier molecular flexibility index (Phi) is 3.11. The van der Waals surface area contributed by atoms with Crippen molar-refractivity contribution in [3.63, 3.8) is 0 Å². The fourth-order valence-corrected chi connectivity index (χ4v) is 2.91. The largest absolute Gasteiger partial charge is 0.330 e. The van der Waals surface area contributed by atoms with Gasteiger partial charge in [-0.25, -0.2) is 0 Å². The highest BCUT2D eigenvalue weighted by Gasteiger charge is 2.24. The van der Waals surface area contributed by atoms with Gasteiger partial charge in [-0.3, -0.25) is 0 Å². The Morgan fingerprint density at radius 1 is 1.40 bits per heavy atom. The number of aryl methyl sites for hydroxylation is 1. The van der Waals surface area contributed by atoms with Crippen molar-refractivity contribution < 1.29 is 0 Å². The zero-order chi connectivity index (χ0) is 10.8. The zero-order valence-electron chi connectivity index (χ0n) is 9.79. The SMILES string of the molecule is Cc1cccc2c1CC(C)CC2CCN. The lowest BCUT2D eigenvalue weighted by atomic mass is 9.75. The van der Waals surface area contributed by atoms with Crippen LogP contribution in [0.2, 0.25) is 0 Å². The molecule has 1 aromatic rings. The number of hydrogen-bond acceptors (Lipinski definition) is 1. The third-order valence-electron chi connectivity index (χ3n) is 3.64. The number of benzene rings is 1. The number of fused-ring (bicyclic) bond motifs is 1. The first-order valence-electron chi connectivity index (χ1n) is 6.00. The molecular formula is C14H21N. The quantitative estimate of drug-likeness (QED) is 0.785. The number of nitrogens with two attached hydrogens (primary N) is 1. The van der Waals surface area contributed by atoms with Crippen LogP contribution in [0.4, 0.5) is 0 Å². The van der Waals surface area contributed by atoms with E-state index in [1.165, 1.54) is 18.4 Å². The molecule has 0 aromatic heterocycles. The Bertz CT molecular complexity index is 343. The molecule has 0 heterocycles. The Morgan fingerprint density at radius 2 is 2.20 bits per heavy atom. The second-order valence-corrected chi connectivity index (χ2v) is 4.96. The predicted octanol–water partition coefficient (Wildman–Crippen LogP) is 3.01. The maximum absolute atomic E-state index is 5.70. The van der Waals surface area contributed by atoms with Crippen LogP contribution in [0.1, 0.15) is 42.4 Å². The zero-order valence-corrected chi connectivity index (χ0v) is 9.79. The molecule has 2 unspecified atom stereocenters. The summed E-state index contributed by atoms with van der Waals surface area (Å²) in [5.74, 6) is 1.52. The lowest BCUT2D eigenvalue weighted by molar-refractivity contribution is 0.417. The second kappa shape index (κ2) is 4.36. The van der Waals surface area contributed by atoms with Crippen LogP contribution in [-0.4, -0.2) is 6.54 Å². The van der Waals surface area contributed by atoms with Gasteiger partial charge in [0.1, 0.15) is 0 Å². The molecule has 0 saturated carbocycles. The monoisotopic (exact) mass is 203 g/mol. The predicted molar refractivity (Wildman–Crippen MR) is 65.1 cm³/mol. The summed E-state index contributed by atoms with van der Waals surface area (Å²) in [4.78, 5) is 0. The van der Waals surface area contributed by atoms with Gasteiger partial charge >= 0.3 is 0 Å². The molecule has 0 fully saturated rings. The molecule has 0 saturated heterocycles. The lowest BCUT2D eigenvalue weighted by Gasteiger charge is -2.30. The highest BCUT2D eigenvalue weighted by atomic mass is 14.5. The van der Waals surface area contributed by atoms with Crippen molar-refractivity contribution >= 4 is 0 Å². The molecular weight excluding hydrogens is 182 g/mol. The normalized spacial score (nSPS) is 25.0. The molecule has 1 aromatic carbocycles. The van der Waals surface area contributed by atoms with Crippen molar-refractivity contribution in [1.29, 1.82) is 0 Å². The van der Waals surface area contributed by atoms with E-state index in [-0.39, 0.29) is 0 Å². The van der Waals surface area contributed by atoms with E-state index < -0.39 is 0 Å². The summed E-state index contributed by atoms with van der Waals surface area (Å²) in [5.41, 5.74) is 10.3. The smallest absolute Gasteiger partial charge is 0.00714 e. The van der Waals surface area contributed by atoms with Gasteiger partial charge in [0.15, 0.2) is 0 Å². The molecule has 1 nitrogen and oxygen atoms in total. The maximum atomic E-state index is 5.70. The highest BCUT2D eigenvalue weighted by molar-refractivity contribution is 5.39. The van der Waals surface area contributed by atoms with Gasteiger partial charge in [0.25, 0.3) is 0 Å². The van der Waals surface area contributed by atoms with Crippen molar-refractivity contribution in [3.05, 3.63) is 34.9 Å². The van der Waals surface area contributed by atoms with E-state index in [2.05, 4.69) is 32.0 Å². The fraction of sp³-hybridized carbons (Fsp3) is 0.571. The molecule has 82 valence electrons. The summed E-state index contributed by atoms with van der Waals surface area (Å²) >= 11 is 0. The number of hydrogen-bond donors (Lipinski definition) is 1. The third-order valence-corrected chi connectivity index (χ3v) is 3.64. The third kappa shape index (κ3) is 2.07. The first-order chi connectivity index (χ1) is 7.22. The summed E-state index contributed by atoms with van der Waals surface area (Å²) in [7, 11) is 0. The van der Waals surface area contributed by atoms with E-state index in [1.54, 1.807) is 11.1 Å². The van der Waals surface area contributed by atoms with E-state index >= 15 is 0 Å². The van der Waals surface area contributed by atoms with Crippen LogP contribution in [0, 0.1) is 12.8 Å². The van der Waals surface area contributed by atoms with Gasteiger partial charge in [-0.2, -0.15) is 0 Å². The Hall–Kier alpha value is -0.820. The van der Waals surface area contributed by atoms with Gasteiger partial charge in [-0.1, -0.05) is 25.1 Å². The minimum absolute atomic E-state index is 0.702. The van der Waals surface area contributed by atoms with Crippen molar-refractivity contribution in [2.24, 2.45) is 11.7 Å². The highest BCUT2D eigenvalue weighted by Crippen LogP contribution is 2.37. The standard InChI is InChI=1S/C14H21N/c1-10-8-12(6-7-15)13-5-3-4-11(2)14(13)9-10/h3-5,10,12H,6-9,15H2,1-2H3. The average Bonchev–Trinajstić information content (AvgIpc) is 2.20. The molecule has 0 spiro atoms. The molecule has 1 heteroatoms. The Balaban J connectivity index is 2.37. The molecule has 2 atom stereocenters. The van der Waals surface area contributed by atoms with Gasteiger partial charge in [0, 0.05) is 0 Å².